The molecule has 1 aliphatic rings. The average Bonchev–Trinajstić information content (AvgIpc) is 2.66. The topological polar surface area (TPSA) is 23.5 Å². The van der Waals surface area contributed by atoms with Gasteiger partial charge in [0.25, 0.3) is 0 Å². The number of nitrogens with zero attached hydrogens (tertiary/aromatic N) is 1. The average molecular weight is 233 g/mol. The van der Waals surface area contributed by atoms with Gasteiger partial charge in [0.1, 0.15) is 5.60 Å². The number of aliphatic hydroxyl groups is 1. The molecule has 1 aliphatic heterocycles. The van der Waals surface area contributed by atoms with Crippen LogP contribution < -0.4 is 0 Å². The first-order valence-corrected chi connectivity index (χ1v) is 6.70. The van der Waals surface area contributed by atoms with Crippen LogP contribution in [0.2, 0.25) is 0 Å². The lowest BCUT2D eigenvalue weighted by molar-refractivity contribution is 0.00607. The Kier molecular flexibility index (Phi) is 3.85. The molecule has 1 N–H and O–H groups in total. The lowest BCUT2D eigenvalue weighted by Gasteiger charge is -2.31. The number of likely N-dealkylation sites (tertiary alicyclic amines) is 1. The molecule has 1 aromatic carbocycles. The fraction of sp³-hybridized carbons (Fsp3) is 0.600. The normalized spacial score (nSPS) is 29.7. The van der Waals surface area contributed by atoms with Gasteiger partial charge in [-0.3, -0.25) is 4.90 Å². The van der Waals surface area contributed by atoms with Gasteiger partial charge in [0, 0.05) is 12.6 Å². The summed E-state index contributed by atoms with van der Waals surface area (Å²) in [5, 5.41) is 10.9. The van der Waals surface area contributed by atoms with Crippen LogP contribution >= 0.6 is 0 Å². The van der Waals surface area contributed by atoms with Crippen molar-refractivity contribution in [2.45, 2.75) is 44.8 Å². The first-order valence-electron chi connectivity index (χ1n) is 6.70. The van der Waals surface area contributed by atoms with Gasteiger partial charge in [0.15, 0.2) is 0 Å². The molecule has 0 aliphatic carbocycles. The summed E-state index contributed by atoms with van der Waals surface area (Å²) >= 11 is 0. The van der Waals surface area contributed by atoms with E-state index in [0.717, 1.165) is 25.1 Å². The molecular formula is C15H23NO. The zero-order valence-electron chi connectivity index (χ0n) is 10.9. The third-order valence-electron chi connectivity index (χ3n) is 4.09. The predicted molar refractivity (Wildman–Crippen MR) is 70.9 cm³/mol. The van der Waals surface area contributed by atoms with Crippen molar-refractivity contribution >= 4 is 0 Å². The summed E-state index contributed by atoms with van der Waals surface area (Å²) < 4.78 is 0. The molecule has 0 spiro atoms. The van der Waals surface area contributed by atoms with E-state index in [1.807, 2.05) is 30.3 Å². The third-order valence-corrected chi connectivity index (χ3v) is 4.09. The molecule has 1 fully saturated rings. The van der Waals surface area contributed by atoms with Crippen molar-refractivity contribution in [3.05, 3.63) is 35.9 Å². The maximum atomic E-state index is 10.9. The standard InChI is InChI=1S/C15H23NO/c1-3-4-11-16-12-10-15(17,13(16)2)14-8-6-5-7-9-14/h5-9,13,17H,3-4,10-12H2,1-2H3/t13-,15+/m0/s1. The first-order chi connectivity index (χ1) is 8.18. The van der Waals surface area contributed by atoms with Crippen LogP contribution in [0.3, 0.4) is 0 Å². The highest BCUT2D eigenvalue weighted by molar-refractivity contribution is 5.25. The van der Waals surface area contributed by atoms with Crippen LogP contribution in [0, 0.1) is 0 Å². The van der Waals surface area contributed by atoms with Crippen LogP contribution in [0.5, 0.6) is 0 Å². The molecule has 17 heavy (non-hydrogen) atoms. The summed E-state index contributed by atoms with van der Waals surface area (Å²) in [7, 11) is 0. The lowest BCUT2D eigenvalue weighted by Crippen LogP contribution is -2.40. The summed E-state index contributed by atoms with van der Waals surface area (Å²) in [6.45, 7) is 6.47. The minimum atomic E-state index is -0.658. The van der Waals surface area contributed by atoms with Gasteiger partial charge in [0.2, 0.25) is 0 Å². The third kappa shape index (κ3) is 2.38. The smallest absolute Gasteiger partial charge is 0.106 e. The van der Waals surface area contributed by atoms with E-state index in [0.29, 0.717) is 0 Å². The molecule has 94 valence electrons. The van der Waals surface area contributed by atoms with E-state index < -0.39 is 5.60 Å². The van der Waals surface area contributed by atoms with Crippen molar-refractivity contribution in [3.63, 3.8) is 0 Å². The van der Waals surface area contributed by atoms with Crippen molar-refractivity contribution in [1.29, 1.82) is 0 Å². The van der Waals surface area contributed by atoms with Gasteiger partial charge in [-0.15, -0.1) is 0 Å². The van der Waals surface area contributed by atoms with E-state index in [1.165, 1.54) is 12.8 Å². The van der Waals surface area contributed by atoms with Crippen LogP contribution in [0.1, 0.15) is 38.7 Å². The summed E-state index contributed by atoms with van der Waals surface area (Å²) in [5.41, 5.74) is 0.404. The van der Waals surface area contributed by atoms with Gasteiger partial charge in [-0.2, -0.15) is 0 Å². The molecule has 0 radical (unpaired) electrons. The number of hydrogen-bond acceptors (Lipinski definition) is 2. The van der Waals surface area contributed by atoms with Crippen molar-refractivity contribution < 1.29 is 5.11 Å². The Morgan fingerprint density at radius 3 is 2.71 bits per heavy atom. The van der Waals surface area contributed by atoms with Crippen molar-refractivity contribution in [1.82, 2.24) is 4.90 Å². The molecule has 0 unspecified atom stereocenters. The molecule has 0 saturated carbocycles. The zero-order valence-corrected chi connectivity index (χ0v) is 10.9. The molecule has 1 heterocycles. The zero-order chi connectivity index (χ0) is 12.3. The van der Waals surface area contributed by atoms with Crippen LogP contribution in [0.25, 0.3) is 0 Å². The van der Waals surface area contributed by atoms with E-state index in [9.17, 15) is 5.11 Å². The van der Waals surface area contributed by atoms with Crippen molar-refractivity contribution in [3.8, 4) is 0 Å². The summed E-state index contributed by atoms with van der Waals surface area (Å²) in [6.07, 6.45) is 3.28. The minimum Gasteiger partial charge on any atom is -0.383 e. The van der Waals surface area contributed by atoms with Crippen molar-refractivity contribution in [2.75, 3.05) is 13.1 Å². The Bertz CT molecular complexity index is 351. The quantitative estimate of drug-likeness (QED) is 0.864. The van der Waals surface area contributed by atoms with E-state index >= 15 is 0 Å². The van der Waals surface area contributed by atoms with Crippen LogP contribution in [0.15, 0.2) is 30.3 Å². The highest BCUT2D eigenvalue weighted by atomic mass is 16.3. The van der Waals surface area contributed by atoms with E-state index in [4.69, 9.17) is 0 Å². The van der Waals surface area contributed by atoms with Gasteiger partial charge >= 0.3 is 0 Å². The van der Waals surface area contributed by atoms with Gasteiger partial charge in [-0.05, 0) is 31.9 Å². The second-order valence-corrected chi connectivity index (χ2v) is 5.11. The Hall–Kier alpha value is -0.860. The fourth-order valence-electron chi connectivity index (χ4n) is 2.80. The second-order valence-electron chi connectivity index (χ2n) is 5.11. The fourth-order valence-corrected chi connectivity index (χ4v) is 2.80. The second kappa shape index (κ2) is 5.19. The molecule has 2 atom stereocenters. The van der Waals surface area contributed by atoms with Crippen LogP contribution in [-0.4, -0.2) is 29.1 Å². The number of hydrogen-bond donors (Lipinski definition) is 1. The number of benzene rings is 1. The number of rotatable bonds is 4. The summed E-state index contributed by atoms with van der Waals surface area (Å²) in [4.78, 5) is 2.41. The molecule has 2 rings (SSSR count). The highest BCUT2D eigenvalue weighted by Crippen LogP contribution is 2.37. The SMILES string of the molecule is CCCCN1CC[C@](O)(c2ccccc2)[C@@H]1C. The van der Waals surface area contributed by atoms with E-state index in [-0.39, 0.29) is 6.04 Å². The van der Waals surface area contributed by atoms with Gasteiger partial charge in [-0.25, -0.2) is 0 Å². The van der Waals surface area contributed by atoms with Gasteiger partial charge in [0.05, 0.1) is 0 Å². The summed E-state index contributed by atoms with van der Waals surface area (Å²) in [5.74, 6) is 0. The first kappa shape index (κ1) is 12.6. The van der Waals surface area contributed by atoms with Crippen LogP contribution in [-0.2, 0) is 5.60 Å². The molecular weight excluding hydrogens is 210 g/mol. The Morgan fingerprint density at radius 1 is 1.35 bits per heavy atom. The Morgan fingerprint density at radius 2 is 2.06 bits per heavy atom. The maximum Gasteiger partial charge on any atom is 0.106 e. The molecule has 2 heteroatoms. The molecule has 0 amide bonds. The largest absolute Gasteiger partial charge is 0.383 e. The van der Waals surface area contributed by atoms with Crippen LogP contribution in [0.4, 0.5) is 0 Å². The molecule has 2 nitrogen and oxygen atoms in total. The lowest BCUT2D eigenvalue weighted by atomic mass is 9.87. The molecule has 1 aromatic rings. The molecule has 1 saturated heterocycles. The number of unbranched alkanes of at least 4 members (excludes halogenated alkanes) is 1. The van der Waals surface area contributed by atoms with Gasteiger partial charge in [-0.1, -0.05) is 43.7 Å². The molecule has 0 aromatic heterocycles. The maximum absolute atomic E-state index is 10.9. The highest BCUT2D eigenvalue weighted by Gasteiger charge is 2.43. The monoisotopic (exact) mass is 233 g/mol. The predicted octanol–water partition coefficient (Wildman–Crippen LogP) is 2.77. The Balaban J connectivity index is 2.12. The van der Waals surface area contributed by atoms with E-state index in [2.05, 4.69) is 18.7 Å². The minimum absolute atomic E-state index is 0.219. The summed E-state index contributed by atoms with van der Waals surface area (Å²) in [6, 6.07) is 10.3. The van der Waals surface area contributed by atoms with E-state index in [1.54, 1.807) is 0 Å². The van der Waals surface area contributed by atoms with Gasteiger partial charge < -0.3 is 5.11 Å². The Labute approximate surface area is 104 Å². The van der Waals surface area contributed by atoms with Crippen molar-refractivity contribution in [2.24, 2.45) is 0 Å². The molecule has 0 bridgehead atoms.